The molecule has 0 aliphatic carbocycles. The number of carbonyl (C=O) groups excluding carboxylic acids is 1. The summed E-state index contributed by atoms with van der Waals surface area (Å²) in [4.78, 5) is 23.5. The van der Waals surface area contributed by atoms with Gasteiger partial charge in [0, 0.05) is 11.6 Å². The number of aromatic nitrogens is 1. The number of hydrogen-bond acceptors (Lipinski definition) is 6. The summed E-state index contributed by atoms with van der Waals surface area (Å²) in [6.45, 7) is 4.90. The van der Waals surface area contributed by atoms with Crippen LogP contribution >= 0.6 is 0 Å². The van der Waals surface area contributed by atoms with Crippen molar-refractivity contribution in [3.05, 3.63) is 125 Å². The van der Waals surface area contributed by atoms with Crippen LogP contribution in [0.25, 0.3) is 22.5 Å². The molecule has 42 heavy (non-hydrogen) atoms. The maximum absolute atomic E-state index is 12.2. The van der Waals surface area contributed by atoms with Crippen LogP contribution in [0.1, 0.15) is 51.4 Å². The number of nitrogens with zero attached hydrogens (tertiary/aromatic N) is 1. The number of carbonyl (C=O) groups is 2. The normalized spacial score (nSPS) is 10.9. The zero-order valence-corrected chi connectivity index (χ0v) is 23.4. The fourth-order valence-electron chi connectivity index (χ4n) is 4.72. The summed E-state index contributed by atoms with van der Waals surface area (Å²) in [5, 5.41) is 13.9. The molecule has 0 fully saturated rings. The highest BCUT2D eigenvalue weighted by Gasteiger charge is 2.27. The van der Waals surface area contributed by atoms with Crippen molar-refractivity contribution in [2.75, 3.05) is 0 Å². The Morgan fingerprint density at radius 2 is 1.45 bits per heavy atom. The number of rotatable bonds is 12. The third kappa shape index (κ3) is 6.58. The van der Waals surface area contributed by atoms with E-state index in [1.807, 2.05) is 72.8 Å². The number of ether oxygens (including phenoxy) is 2. The van der Waals surface area contributed by atoms with Gasteiger partial charge in [0.25, 0.3) is 0 Å². The van der Waals surface area contributed by atoms with Gasteiger partial charge in [-0.05, 0) is 40.7 Å². The Bertz CT molecular complexity index is 1660. The molecule has 0 aliphatic heterocycles. The third-order valence-electron chi connectivity index (χ3n) is 6.74. The quantitative estimate of drug-likeness (QED) is 0.155. The van der Waals surface area contributed by atoms with E-state index in [4.69, 9.17) is 14.0 Å². The van der Waals surface area contributed by atoms with E-state index >= 15 is 0 Å². The van der Waals surface area contributed by atoms with Gasteiger partial charge in [-0.1, -0.05) is 104 Å². The standard InChI is InChI=1S/C35H31NO6/c1-23(2)17-28-18-29(34-32(33(35(38)39)36-42-34)27-15-13-24(20-37)14-16-27)31(41-22-26-11-7-4-8-12-26)19-30(28)40-21-25-9-5-3-6-10-25/h3-16,18-20,23H,17,21-22H2,1-2H3,(H,38,39). The smallest absolute Gasteiger partial charge is 0.358 e. The van der Waals surface area contributed by atoms with Gasteiger partial charge in [0.1, 0.15) is 31.0 Å². The molecule has 4 aromatic carbocycles. The summed E-state index contributed by atoms with van der Waals surface area (Å²) in [6.07, 6.45) is 1.44. The van der Waals surface area contributed by atoms with Gasteiger partial charge in [0.15, 0.2) is 11.5 Å². The molecule has 1 aromatic heterocycles. The van der Waals surface area contributed by atoms with Crippen LogP contribution in [0.2, 0.25) is 0 Å². The predicted molar refractivity (Wildman–Crippen MR) is 160 cm³/mol. The molecule has 0 amide bonds. The Morgan fingerprint density at radius 3 is 2.00 bits per heavy atom. The van der Waals surface area contributed by atoms with Gasteiger partial charge in [-0.25, -0.2) is 4.79 Å². The van der Waals surface area contributed by atoms with Crippen LogP contribution in [-0.2, 0) is 19.6 Å². The Morgan fingerprint density at radius 1 is 0.857 bits per heavy atom. The Labute approximate surface area is 244 Å². The van der Waals surface area contributed by atoms with Crippen molar-refractivity contribution in [3.8, 4) is 33.9 Å². The van der Waals surface area contributed by atoms with Crippen LogP contribution in [0.5, 0.6) is 11.5 Å². The molecular weight excluding hydrogens is 530 g/mol. The van der Waals surface area contributed by atoms with E-state index in [0.717, 1.165) is 23.0 Å². The predicted octanol–water partition coefficient (Wildman–Crippen LogP) is 7.88. The summed E-state index contributed by atoms with van der Waals surface area (Å²) >= 11 is 0. The van der Waals surface area contributed by atoms with Crippen LogP contribution < -0.4 is 9.47 Å². The average molecular weight is 562 g/mol. The van der Waals surface area contributed by atoms with Gasteiger partial charge >= 0.3 is 5.97 Å². The van der Waals surface area contributed by atoms with Gasteiger partial charge in [0.2, 0.25) is 0 Å². The van der Waals surface area contributed by atoms with Gasteiger partial charge in [-0.3, -0.25) is 4.79 Å². The minimum absolute atomic E-state index is 0.229. The van der Waals surface area contributed by atoms with Crippen LogP contribution in [0.15, 0.2) is 102 Å². The minimum atomic E-state index is -1.23. The van der Waals surface area contributed by atoms with Crippen molar-refractivity contribution in [1.82, 2.24) is 5.16 Å². The zero-order chi connectivity index (χ0) is 29.5. The molecular formula is C35H31NO6. The molecule has 1 N–H and O–H groups in total. The van der Waals surface area contributed by atoms with E-state index in [1.165, 1.54) is 0 Å². The van der Waals surface area contributed by atoms with Crippen molar-refractivity contribution in [3.63, 3.8) is 0 Å². The van der Waals surface area contributed by atoms with Crippen molar-refractivity contribution in [1.29, 1.82) is 0 Å². The van der Waals surface area contributed by atoms with E-state index < -0.39 is 5.97 Å². The summed E-state index contributed by atoms with van der Waals surface area (Å²) in [7, 11) is 0. The first-order valence-electron chi connectivity index (χ1n) is 13.7. The second kappa shape index (κ2) is 13.0. The first-order valence-corrected chi connectivity index (χ1v) is 13.7. The zero-order valence-electron chi connectivity index (χ0n) is 23.4. The van der Waals surface area contributed by atoms with E-state index in [0.29, 0.717) is 52.7 Å². The SMILES string of the molecule is CC(C)Cc1cc(-c2onc(C(=O)O)c2-c2ccc(C=O)cc2)c(OCc2ccccc2)cc1OCc1ccccc1. The van der Waals surface area contributed by atoms with E-state index in [1.54, 1.807) is 24.3 Å². The summed E-state index contributed by atoms with van der Waals surface area (Å²) < 4.78 is 18.5. The van der Waals surface area contributed by atoms with Crippen LogP contribution in [0.3, 0.4) is 0 Å². The molecule has 5 aromatic rings. The van der Waals surface area contributed by atoms with Crippen molar-refractivity contribution >= 4 is 12.3 Å². The first kappa shape index (κ1) is 28.4. The highest BCUT2D eigenvalue weighted by atomic mass is 16.5. The first-order chi connectivity index (χ1) is 20.4. The van der Waals surface area contributed by atoms with Gasteiger partial charge < -0.3 is 19.1 Å². The Kier molecular flexibility index (Phi) is 8.78. The summed E-state index contributed by atoms with van der Waals surface area (Å²) in [5.41, 5.74) is 4.59. The lowest BCUT2D eigenvalue weighted by Crippen LogP contribution is -2.05. The summed E-state index contributed by atoms with van der Waals surface area (Å²) in [5.74, 6) is 0.487. The molecule has 1 heterocycles. The number of carboxylic acids is 1. The van der Waals surface area contributed by atoms with Gasteiger partial charge in [0.05, 0.1) is 11.1 Å². The van der Waals surface area contributed by atoms with Crippen molar-refractivity contribution in [2.45, 2.75) is 33.5 Å². The topological polar surface area (TPSA) is 98.9 Å². The van der Waals surface area contributed by atoms with Crippen molar-refractivity contribution < 1.29 is 28.7 Å². The number of aldehydes is 1. The average Bonchev–Trinajstić information content (AvgIpc) is 3.46. The molecule has 0 bridgehead atoms. The molecule has 0 saturated carbocycles. The molecule has 0 radical (unpaired) electrons. The fraction of sp³-hybridized carbons (Fsp3) is 0.171. The van der Waals surface area contributed by atoms with Crippen molar-refractivity contribution in [2.24, 2.45) is 5.92 Å². The second-order valence-corrected chi connectivity index (χ2v) is 10.4. The molecule has 7 nitrogen and oxygen atoms in total. The van der Waals surface area contributed by atoms with Crippen LogP contribution in [-0.4, -0.2) is 22.5 Å². The monoisotopic (exact) mass is 561 g/mol. The van der Waals surface area contributed by atoms with E-state index in [9.17, 15) is 14.7 Å². The van der Waals surface area contributed by atoms with E-state index in [2.05, 4.69) is 19.0 Å². The number of benzene rings is 4. The molecule has 0 unspecified atom stereocenters. The largest absolute Gasteiger partial charge is 0.488 e. The summed E-state index contributed by atoms with van der Waals surface area (Å²) in [6, 6.07) is 30.1. The molecule has 0 spiro atoms. The second-order valence-electron chi connectivity index (χ2n) is 10.4. The maximum Gasteiger partial charge on any atom is 0.358 e. The molecule has 0 atom stereocenters. The maximum atomic E-state index is 12.2. The van der Waals surface area contributed by atoms with Crippen LogP contribution in [0.4, 0.5) is 0 Å². The van der Waals surface area contributed by atoms with Crippen LogP contribution in [0, 0.1) is 5.92 Å². The number of hydrogen-bond donors (Lipinski definition) is 1. The third-order valence-corrected chi connectivity index (χ3v) is 6.74. The molecule has 0 saturated heterocycles. The lowest BCUT2D eigenvalue weighted by molar-refractivity contribution is 0.0686. The minimum Gasteiger partial charge on any atom is -0.488 e. The molecule has 212 valence electrons. The van der Waals surface area contributed by atoms with E-state index in [-0.39, 0.29) is 18.1 Å². The molecule has 5 rings (SSSR count). The number of aromatic carboxylic acids is 1. The highest BCUT2D eigenvalue weighted by molar-refractivity contribution is 5.99. The molecule has 7 heteroatoms. The lowest BCUT2D eigenvalue weighted by Gasteiger charge is -2.19. The van der Waals surface area contributed by atoms with Gasteiger partial charge in [-0.2, -0.15) is 0 Å². The highest BCUT2D eigenvalue weighted by Crippen LogP contribution is 2.43. The van der Waals surface area contributed by atoms with Gasteiger partial charge in [-0.15, -0.1) is 0 Å². The number of carboxylic acid groups (broad SMARTS) is 1. The fourth-order valence-corrected chi connectivity index (χ4v) is 4.72. The Hall–Kier alpha value is -5.17. The molecule has 0 aliphatic rings. The Balaban J connectivity index is 1.65. The lowest BCUT2D eigenvalue weighted by atomic mass is 9.94.